The number of rotatable bonds is 2. The van der Waals surface area contributed by atoms with Crippen LogP contribution in [-0.2, 0) is 0 Å². The lowest BCUT2D eigenvalue weighted by Gasteiger charge is -1.84. The number of aliphatic imine (C=N–C) groups is 1. The molecule has 0 N–H and O–H groups in total. The quantitative estimate of drug-likeness (QED) is 0.642. The molecule has 1 heterocycles. The first-order valence-corrected chi connectivity index (χ1v) is 4.77. The monoisotopic (exact) mass is 182 g/mol. The van der Waals surface area contributed by atoms with Gasteiger partial charge in [0.2, 0.25) is 0 Å². The topological polar surface area (TPSA) is 25.2 Å². The molecule has 0 amide bonds. The van der Waals surface area contributed by atoms with Crippen LogP contribution < -0.4 is 0 Å². The van der Waals surface area contributed by atoms with E-state index in [9.17, 15) is 0 Å². The summed E-state index contributed by atoms with van der Waals surface area (Å²) >= 11 is 1.40. The van der Waals surface area contributed by atoms with Crippen molar-refractivity contribution >= 4 is 29.5 Å². The Hall–Kier alpha value is -0.960. The van der Waals surface area contributed by atoms with E-state index < -0.39 is 0 Å². The molecule has 0 fully saturated rings. The van der Waals surface area contributed by atoms with Crippen LogP contribution in [0.25, 0.3) is 6.08 Å². The van der Waals surface area contributed by atoms with Crippen molar-refractivity contribution in [2.45, 2.75) is 20.8 Å². The Kier molecular flexibility index (Phi) is 6.19. The zero-order valence-electron chi connectivity index (χ0n) is 7.74. The minimum absolute atomic E-state index is 0.864. The predicted octanol–water partition coefficient (Wildman–Crippen LogP) is 3.53. The van der Waals surface area contributed by atoms with Gasteiger partial charge in [0, 0.05) is 11.6 Å². The smallest absolute Gasteiger partial charge is 0.102 e. The highest BCUT2D eigenvalue weighted by Crippen LogP contribution is 2.20. The molecule has 0 aliphatic carbocycles. The van der Waals surface area contributed by atoms with Crippen LogP contribution in [0.4, 0.5) is 5.69 Å². The van der Waals surface area contributed by atoms with Crippen LogP contribution in [0.15, 0.2) is 17.0 Å². The van der Waals surface area contributed by atoms with E-state index in [-0.39, 0.29) is 0 Å². The molecule has 0 bridgehead atoms. The van der Waals surface area contributed by atoms with Gasteiger partial charge < -0.3 is 0 Å². The Labute approximate surface area is 77.8 Å². The average Bonchev–Trinajstić information content (AvgIpc) is 2.56. The van der Waals surface area contributed by atoms with Gasteiger partial charge in [-0.25, -0.2) is 0 Å². The largest absolute Gasteiger partial charge is 0.258 e. The Bertz CT molecular complexity index is 251. The van der Waals surface area contributed by atoms with E-state index in [0.29, 0.717) is 0 Å². The normalized spacial score (nSPS) is 9.25. The van der Waals surface area contributed by atoms with Crippen molar-refractivity contribution in [2.75, 3.05) is 0 Å². The maximum Gasteiger partial charge on any atom is 0.102 e. The van der Waals surface area contributed by atoms with Crippen LogP contribution in [0.3, 0.4) is 0 Å². The van der Waals surface area contributed by atoms with Crippen molar-refractivity contribution < 1.29 is 0 Å². The predicted molar refractivity (Wildman–Crippen MR) is 57.4 cm³/mol. The maximum atomic E-state index is 4.09. The third kappa shape index (κ3) is 2.96. The molecule has 1 aromatic heterocycles. The third-order valence-corrected chi connectivity index (χ3v) is 1.67. The second kappa shape index (κ2) is 6.73. The third-order valence-electron chi connectivity index (χ3n) is 1.04. The molecular weight excluding hydrogens is 168 g/mol. The lowest BCUT2D eigenvalue weighted by Crippen LogP contribution is -1.67. The molecule has 0 aromatic carbocycles. The minimum atomic E-state index is 0.864. The van der Waals surface area contributed by atoms with Crippen LogP contribution in [0.5, 0.6) is 0 Å². The zero-order chi connectivity index (χ0) is 9.40. The number of aromatic nitrogens is 1. The van der Waals surface area contributed by atoms with Crippen LogP contribution in [-0.4, -0.2) is 10.6 Å². The van der Waals surface area contributed by atoms with Crippen LogP contribution in [0.1, 0.15) is 26.5 Å². The first kappa shape index (κ1) is 11.0. The summed E-state index contributed by atoms with van der Waals surface area (Å²) in [5.74, 6) is 0. The number of hydrogen-bond donors (Lipinski definition) is 0. The summed E-state index contributed by atoms with van der Waals surface area (Å²) in [4.78, 5) is 4.09. The van der Waals surface area contributed by atoms with Crippen molar-refractivity contribution in [1.29, 1.82) is 0 Å². The Balaban J connectivity index is 0.000000561. The van der Waals surface area contributed by atoms with Gasteiger partial charge in [-0.05, 0) is 24.5 Å². The van der Waals surface area contributed by atoms with Gasteiger partial charge in [-0.2, -0.15) is 4.37 Å². The molecule has 1 aromatic rings. The Morgan fingerprint density at radius 3 is 2.75 bits per heavy atom. The molecule has 0 atom stereocenters. The van der Waals surface area contributed by atoms with Crippen molar-refractivity contribution in [1.82, 2.24) is 4.37 Å². The first-order chi connectivity index (χ1) is 5.88. The fourth-order valence-corrected chi connectivity index (χ4v) is 1.23. The fraction of sp³-hybridized carbons (Fsp3) is 0.333. The first-order valence-electron chi connectivity index (χ1n) is 3.94. The molecule has 1 rings (SSSR count). The maximum absolute atomic E-state index is 4.09. The number of hydrogen-bond acceptors (Lipinski definition) is 3. The summed E-state index contributed by atoms with van der Waals surface area (Å²) < 4.78 is 4.06. The van der Waals surface area contributed by atoms with E-state index >= 15 is 0 Å². The average molecular weight is 182 g/mol. The van der Waals surface area contributed by atoms with E-state index in [4.69, 9.17) is 0 Å². The van der Waals surface area contributed by atoms with Gasteiger partial charge in [-0.1, -0.05) is 20.4 Å². The van der Waals surface area contributed by atoms with Gasteiger partial charge in [-0.15, -0.1) is 0 Å². The molecule has 12 heavy (non-hydrogen) atoms. The summed E-state index contributed by atoms with van der Waals surface area (Å²) in [7, 11) is 0. The van der Waals surface area contributed by atoms with Crippen molar-refractivity contribution in [3.63, 3.8) is 0 Å². The molecule has 66 valence electrons. The number of nitrogens with zero attached hydrogens (tertiary/aromatic N) is 2. The molecule has 0 saturated carbocycles. The Morgan fingerprint density at radius 1 is 1.58 bits per heavy atom. The van der Waals surface area contributed by atoms with Gasteiger partial charge in [0.05, 0.1) is 0 Å². The fourth-order valence-electron chi connectivity index (χ4n) is 0.618. The highest BCUT2D eigenvalue weighted by atomic mass is 32.1. The summed E-state index contributed by atoms with van der Waals surface area (Å²) in [5.41, 5.74) is 1.77. The Morgan fingerprint density at radius 2 is 2.25 bits per heavy atom. The van der Waals surface area contributed by atoms with E-state index in [2.05, 4.69) is 15.9 Å². The van der Waals surface area contributed by atoms with Gasteiger partial charge in [0.1, 0.15) is 11.4 Å². The van der Waals surface area contributed by atoms with Crippen LogP contribution in [0.2, 0.25) is 0 Å². The summed E-state index contributed by atoms with van der Waals surface area (Å²) in [6.07, 6.45) is 3.45. The van der Waals surface area contributed by atoms with E-state index in [1.807, 2.05) is 26.2 Å². The second-order valence-corrected chi connectivity index (χ2v) is 2.31. The molecule has 0 spiro atoms. The van der Waals surface area contributed by atoms with Crippen LogP contribution >= 0.6 is 11.5 Å². The lowest BCUT2D eigenvalue weighted by molar-refractivity contribution is 1.46. The van der Waals surface area contributed by atoms with Gasteiger partial charge in [0.15, 0.2) is 0 Å². The van der Waals surface area contributed by atoms with Crippen LogP contribution in [0, 0.1) is 0 Å². The van der Waals surface area contributed by atoms with E-state index in [1.54, 1.807) is 12.3 Å². The molecule has 0 saturated heterocycles. The minimum Gasteiger partial charge on any atom is -0.258 e. The van der Waals surface area contributed by atoms with Gasteiger partial charge >= 0.3 is 0 Å². The van der Waals surface area contributed by atoms with E-state index in [1.165, 1.54) is 11.5 Å². The zero-order valence-corrected chi connectivity index (χ0v) is 8.56. The molecule has 0 unspecified atom stereocenters. The summed E-state index contributed by atoms with van der Waals surface area (Å²) in [6, 6.07) is 0. The SMILES string of the molecule is C=Cc1nscc1N=CC.CC. The van der Waals surface area contributed by atoms with Gasteiger partial charge in [0.25, 0.3) is 0 Å². The molecule has 0 aliphatic heterocycles. The standard InChI is InChI=1S/C7H8N2S.C2H6/c1-3-6-7(8-4-2)5-10-9-6;1-2/h3-5H,1H2,2H3;1-2H3. The highest BCUT2D eigenvalue weighted by molar-refractivity contribution is 7.04. The summed E-state index contributed by atoms with van der Waals surface area (Å²) in [6.45, 7) is 9.50. The second-order valence-electron chi connectivity index (χ2n) is 1.68. The highest BCUT2D eigenvalue weighted by Gasteiger charge is 1.96. The van der Waals surface area contributed by atoms with E-state index in [0.717, 1.165) is 11.4 Å². The molecular formula is C9H14N2S. The molecule has 0 aliphatic rings. The molecule has 2 nitrogen and oxygen atoms in total. The molecule has 0 radical (unpaired) electrons. The van der Waals surface area contributed by atoms with Gasteiger partial charge in [-0.3, -0.25) is 4.99 Å². The van der Waals surface area contributed by atoms with Crippen molar-refractivity contribution in [3.05, 3.63) is 17.7 Å². The lowest BCUT2D eigenvalue weighted by atomic mass is 10.4. The van der Waals surface area contributed by atoms with Crippen molar-refractivity contribution in [2.24, 2.45) is 4.99 Å². The molecule has 3 heteroatoms. The van der Waals surface area contributed by atoms with Crippen molar-refractivity contribution in [3.8, 4) is 0 Å². The summed E-state index contributed by atoms with van der Waals surface area (Å²) in [5, 5.41) is 1.90.